The number of nitrogens with zero attached hydrogens (tertiary/aromatic N) is 2. The van der Waals surface area contributed by atoms with Crippen LogP contribution in [-0.4, -0.2) is 48.7 Å². The van der Waals surface area contributed by atoms with E-state index in [0.717, 1.165) is 0 Å². The van der Waals surface area contributed by atoms with Crippen LogP contribution in [0.25, 0.3) is 0 Å². The Bertz CT molecular complexity index is 663. The maximum Gasteiger partial charge on any atom is 0.270 e. The molecule has 0 unspecified atom stereocenters. The lowest BCUT2D eigenvalue weighted by Gasteiger charge is -2.31. The highest BCUT2D eigenvalue weighted by Crippen LogP contribution is 2.20. The van der Waals surface area contributed by atoms with Gasteiger partial charge in [-0.15, -0.1) is 0 Å². The third-order valence-corrected chi connectivity index (χ3v) is 5.32. The molecule has 8 heteroatoms. The lowest BCUT2D eigenvalue weighted by atomic mass is 10.1. The Balaban J connectivity index is 2.09. The summed E-state index contributed by atoms with van der Waals surface area (Å²) in [6.45, 7) is 0.693. The summed E-state index contributed by atoms with van der Waals surface area (Å²) in [7, 11) is -3.08. The third-order valence-electron chi connectivity index (χ3n) is 3.64. The molecule has 0 N–H and O–H groups in total. The van der Waals surface area contributed by atoms with Crippen molar-refractivity contribution in [2.75, 3.05) is 19.3 Å². The zero-order valence-electron chi connectivity index (χ0n) is 11.6. The Morgan fingerprint density at radius 1 is 1.33 bits per heavy atom. The monoisotopic (exact) mass is 312 g/mol. The Morgan fingerprint density at radius 3 is 2.48 bits per heavy atom. The van der Waals surface area contributed by atoms with Crippen LogP contribution in [0.3, 0.4) is 0 Å². The van der Waals surface area contributed by atoms with E-state index in [1.165, 1.54) is 30.5 Å². The fraction of sp³-hybridized carbons (Fsp3) is 0.462. The number of amides is 1. The molecule has 2 rings (SSSR count). The maximum atomic E-state index is 12.3. The van der Waals surface area contributed by atoms with Crippen LogP contribution in [0.2, 0.25) is 0 Å². The number of sulfone groups is 1. The van der Waals surface area contributed by atoms with E-state index in [1.54, 1.807) is 4.90 Å². The van der Waals surface area contributed by atoms with Gasteiger partial charge in [0.05, 0.1) is 10.2 Å². The van der Waals surface area contributed by atoms with Crippen molar-refractivity contribution < 1.29 is 18.1 Å². The number of benzene rings is 1. The number of nitro groups is 1. The molecule has 0 aliphatic carbocycles. The molecular formula is C13H16N2O5S. The smallest absolute Gasteiger partial charge is 0.270 e. The number of nitro benzene ring substituents is 1. The molecular weight excluding hydrogens is 296 g/mol. The quantitative estimate of drug-likeness (QED) is 0.618. The molecule has 7 nitrogen and oxygen atoms in total. The summed E-state index contributed by atoms with van der Waals surface area (Å²) in [6.07, 6.45) is 2.01. The number of piperidine rings is 1. The summed E-state index contributed by atoms with van der Waals surface area (Å²) < 4.78 is 22.9. The molecule has 21 heavy (non-hydrogen) atoms. The Kier molecular flexibility index (Phi) is 4.26. The molecule has 0 spiro atoms. The average Bonchev–Trinajstić information content (AvgIpc) is 2.46. The summed E-state index contributed by atoms with van der Waals surface area (Å²) in [4.78, 5) is 24.0. The van der Waals surface area contributed by atoms with Crippen molar-refractivity contribution >= 4 is 21.4 Å². The fourth-order valence-electron chi connectivity index (χ4n) is 2.42. The van der Waals surface area contributed by atoms with E-state index in [-0.39, 0.29) is 17.2 Å². The first-order valence-corrected chi connectivity index (χ1v) is 8.47. The standard InChI is InChI=1S/C13H16N2O5S/c1-21(19,20)12-5-7-14(8-6-12)13(16)10-3-2-4-11(9-10)15(17)18/h2-4,9,12H,5-8H2,1H3. The van der Waals surface area contributed by atoms with Crippen molar-refractivity contribution in [3.05, 3.63) is 39.9 Å². The summed E-state index contributed by atoms with van der Waals surface area (Å²) >= 11 is 0. The van der Waals surface area contributed by atoms with Crippen molar-refractivity contribution in [2.45, 2.75) is 18.1 Å². The largest absolute Gasteiger partial charge is 0.339 e. The van der Waals surface area contributed by atoms with Gasteiger partial charge in [-0.25, -0.2) is 8.42 Å². The van der Waals surface area contributed by atoms with Crippen LogP contribution in [0.5, 0.6) is 0 Å². The van der Waals surface area contributed by atoms with Crippen LogP contribution in [0.15, 0.2) is 24.3 Å². The third kappa shape index (κ3) is 3.57. The van der Waals surface area contributed by atoms with E-state index in [9.17, 15) is 23.3 Å². The second-order valence-electron chi connectivity index (χ2n) is 5.13. The van der Waals surface area contributed by atoms with E-state index in [4.69, 9.17) is 0 Å². The van der Waals surface area contributed by atoms with Gasteiger partial charge in [-0.1, -0.05) is 6.07 Å². The lowest BCUT2D eigenvalue weighted by Crippen LogP contribution is -2.42. The number of carbonyl (C=O) groups excluding carboxylic acids is 1. The predicted octanol–water partition coefficient (Wildman–Crippen LogP) is 1.24. The summed E-state index contributed by atoms with van der Waals surface area (Å²) in [6, 6.07) is 5.56. The van der Waals surface area contributed by atoms with Crippen LogP contribution < -0.4 is 0 Å². The summed E-state index contributed by atoms with van der Waals surface area (Å²) in [5.41, 5.74) is 0.119. The van der Waals surface area contributed by atoms with E-state index >= 15 is 0 Å². The molecule has 1 aromatic carbocycles. The van der Waals surface area contributed by atoms with Crippen molar-refractivity contribution in [3.63, 3.8) is 0 Å². The van der Waals surface area contributed by atoms with Crippen molar-refractivity contribution in [1.82, 2.24) is 4.90 Å². The molecule has 1 heterocycles. The molecule has 1 amide bonds. The predicted molar refractivity (Wildman–Crippen MR) is 76.9 cm³/mol. The van der Waals surface area contributed by atoms with Crippen molar-refractivity contribution in [1.29, 1.82) is 0 Å². The first-order valence-electron chi connectivity index (χ1n) is 6.51. The van der Waals surface area contributed by atoms with Gasteiger partial charge in [0, 0.05) is 37.0 Å². The lowest BCUT2D eigenvalue weighted by molar-refractivity contribution is -0.384. The zero-order valence-corrected chi connectivity index (χ0v) is 12.4. The van der Waals surface area contributed by atoms with E-state index in [0.29, 0.717) is 25.9 Å². The zero-order chi connectivity index (χ0) is 15.6. The summed E-state index contributed by atoms with van der Waals surface area (Å²) in [5.74, 6) is -0.300. The van der Waals surface area contributed by atoms with Crippen LogP contribution in [0.4, 0.5) is 5.69 Å². The van der Waals surface area contributed by atoms with Gasteiger partial charge in [-0.2, -0.15) is 0 Å². The van der Waals surface area contributed by atoms with E-state index in [2.05, 4.69) is 0 Å². The molecule has 0 aromatic heterocycles. The second-order valence-corrected chi connectivity index (χ2v) is 7.45. The molecule has 1 aliphatic heterocycles. The fourth-order valence-corrected chi connectivity index (χ4v) is 3.49. The Hall–Kier alpha value is -1.96. The number of hydrogen-bond acceptors (Lipinski definition) is 5. The van der Waals surface area contributed by atoms with Crippen molar-refractivity contribution in [2.24, 2.45) is 0 Å². The van der Waals surface area contributed by atoms with Gasteiger partial charge in [0.15, 0.2) is 0 Å². The van der Waals surface area contributed by atoms with E-state index < -0.39 is 20.0 Å². The van der Waals surface area contributed by atoms with Gasteiger partial charge in [-0.05, 0) is 18.9 Å². The van der Waals surface area contributed by atoms with Crippen LogP contribution >= 0.6 is 0 Å². The molecule has 114 valence electrons. The average molecular weight is 312 g/mol. The minimum Gasteiger partial charge on any atom is -0.339 e. The van der Waals surface area contributed by atoms with Crippen LogP contribution in [-0.2, 0) is 9.84 Å². The number of non-ortho nitro benzene ring substituents is 1. The number of rotatable bonds is 3. The SMILES string of the molecule is CS(=O)(=O)C1CCN(C(=O)c2cccc([N+](=O)[O-])c2)CC1. The topological polar surface area (TPSA) is 97.6 Å². The summed E-state index contributed by atoms with van der Waals surface area (Å²) in [5, 5.41) is 10.3. The van der Waals surface area contributed by atoms with Gasteiger partial charge >= 0.3 is 0 Å². The molecule has 0 radical (unpaired) electrons. The molecule has 1 aliphatic rings. The van der Waals surface area contributed by atoms with Crippen LogP contribution in [0, 0.1) is 10.1 Å². The van der Waals surface area contributed by atoms with Crippen LogP contribution in [0.1, 0.15) is 23.2 Å². The molecule has 1 fully saturated rings. The highest BCUT2D eigenvalue weighted by molar-refractivity contribution is 7.91. The molecule has 0 saturated carbocycles. The first kappa shape index (κ1) is 15.4. The van der Waals surface area contributed by atoms with Gasteiger partial charge < -0.3 is 4.90 Å². The highest BCUT2D eigenvalue weighted by atomic mass is 32.2. The Labute approximate surface area is 122 Å². The second kappa shape index (κ2) is 5.80. The first-order chi connectivity index (χ1) is 9.79. The van der Waals surface area contributed by atoms with Gasteiger partial charge in [0.2, 0.25) is 0 Å². The minimum absolute atomic E-state index is 0.133. The Morgan fingerprint density at radius 2 is 1.95 bits per heavy atom. The number of likely N-dealkylation sites (tertiary alicyclic amines) is 1. The molecule has 0 atom stereocenters. The minimum atomic E-state index is -3.08. The normalized spacial score (nSPS) is 16.7. The number of carbonyl (C=O) groups is 1. The number of hydrogen-bond donors (Lipinski definition) is 0. The van der Waals surface area contributed by atoms with Gasteiger partial charge in [-0.3, -0.25) is 14.9 Å². The maximum absolute atomic E-state index is 12.3. The van der Waals surface area contributed by atoms with Gasteiger partial charge in [0.25, 0.3) is 11.6 Å². The molecule has 1 aromatic rings. The van der Waals surface area contributed by atoms with Crippen molar-refractivity contribution in [3.8, 4) is 0 Å². The molecule has 1 saturated heterocycles. The van der Waals surface area contributed by atoms with Gasteiger partial charge in [0.1, 0.15) is 9.84 Å². The molecule has 0 bridgehead atoms. The highest BCUT2D eigenvalue weighted by Gasteiger charge is 2.29. The van der Waals surface area contributed by atoms with E-state index in [1.807, 2.05) is 0 Å².